The van der Waals surface area contributed by atoms with Crippen molar-refractivity contribution in [3.05, 3.63) is 33.5 Å². The molecule has 134 valence electrons. The van der Waals surface area contributed by atoms with Gasteiger partial charge in [-0.3, -0.25) is 4.68 Å². The topological polar surface area (TPSA) is 67.1 Å². The fourth-order valence-electron chi connectivity index (χ4n) is 2.25. The van der Waals surface area contributed by atoms with Gasteiger partial charge in [0.1, 0.15) is 0 Å². The number of nitrogens with one attached hydrogen (secondary N) is 2. The molecule has 0 aliphatic carbocycles. The second-order valence-electron chi connectivity index (χ2n) is 5.50. The molecular weight excluding hydrogens is 435 g/mol. The number of guanidine groups is 1. The molecule has 0 bridgehead atoms. The molecule has 0 saturated heterocycles. The average molecular weight is 462 g/mol. The molecule has 8 heteroatoms. The molecule has 0 spiro atoms. The summed E-state index contributed by atoms with van der Waals surface area (Å²) in [6, 6.07) is 0. The van der Waals surface area contributed by atoms with Crippen molar-refractivity contribution in [2.75, 3.05) is 13.1 Å². The van der Waals surface area contributed by atoms with Crippen LogP contribution < -0.4 is 10.6 Å². The van der Waals surface area contributed by atoms with Gasteiger partial charge in [-0.15, -0.1) is 35.3 Å². The lowest BCUT2D eigenvalue weighted by Gasteiger charge is -2.11. The second kappa shape index (κ2) is 10.7. The van der Waals surface area contributed by atoms with E-state index in [2.05, 4.69) is 45.8 Å². The number of aromatic nitrogens is 3. The summed E-state index contributed by atoms with van der Waals surface area (Å²) in [6.45, 7) is 11.5. The molecule has 0 aliphatic rings. The predicted octanol–water partition coefficient (Wildman–Crippen LogP) is 3.03. The second-order valence-corrected chi connectivity index (χ2v) is 6.79. The molecular formula is C16H27IN6S. The van der Waals surface area contributed by atoms with Crippen LogP contribution in [0.15, 0.2) is 17.4 Å². The Hall–Kier alpha value is -1.16. The third kappa shape index (κ3) is 6.76. The average Bonchev–Trinajstić information content (AvgIpc) is 3.06. The maximum absolute atomic E-state index is 4.65. The van der Waals surface area contributed by atoms with E-state index < -0.39 is 0 Å². The van der Waals surface area contributed by atoms with Crippen molar-refractivity contribution in [3.63, 3.8) is 0 Å². The number of aryl methyl sites for hydroxylation is 4. The summed E-state index contributed by atoms with van der Waals surface area (Å²) in [5.74, 6) is 0.856. The zero-order valence-corrected chi connectivity index (χ0v) is 17.9. The largest absolute Gasteiger partial charge is 0.357 e. The lowest BCUT2D eigenvalue weighted by Crippen LogP contribution is -2.38. The van der Waals surface area contributed by atoms with Gasteiger partial charge in [-0.25, -0.2) is 9.98 Å². The van der Waals surface area contributed by atoms with E-state index in [0.29, 0.717) is 6.54 Å². The fourth-order valence-corrected chi connectivity index (χ4v) is 3.11. The first-order valence-electron chi connectivity index (χ1n) is 8.02. The van der Waals surface area contributed by atoms with E-state index in [9.17, 15) is 0 Å². The Morgan fingerprint density at radius 1 is 1.29 bits per heavy atom. The molecule has 2 heterocycles. The maximum Gasteiger partial charge on any atom is 0.191 e. The molecule has 0 unspecified atom stereocenters. The highest BCUT2D eigenvalue weighted by Crippen LogP contribution is 2.17. The first kappa shape index (κ1) is 20.9. The minimum Gasteiger partial charge on any atom is -0.357 e. The van der Waals surface area contributed by atoms with E-state index in [0.717, 1.165) is 42.7 Å². The summed E-state index contributed by atoms with van der Waals surface area (Å²) in [7, 11) is 0. The summed E-state index contributed by atoms with van der Waals surface area (Å²) < 4.78 is 1.98. The molecule has 0 aromatic carbocycles. The summed E-state index contributed by atoms with van der Waals surface area (Å²) in [4.78, 5) is 10.3. The number of rotatable bonds is 7. The van der Waals surface area contributed by atoms with Gasteiger partial charge in [0.15, 0.2) is 5.96 Å². The Bertz CT molecular complexity index is 649. The zero-order chi connectivity index (χ0) is 16.7. The molecule has 2 aromatic rings. The maximum atomic E-state index is 4.65. The van der Waals surface area contributed by atoms with Crippen LogP contribution in [-0.2, 0) is 13.1 Å². The first-order valence-corrected chi connectivity index (χ1v) is 8.84. The molecule has 0 amide bonds. The quantitative estimate of drug-likeness (QED) is 0.287. The highest BCUT2D eigenvalue weighted by atomic mass is 127. The van der Waals surface area contributed by atoms with E-state index >= 15 is 0 Å². The molecule has 0 fully saturated rings. The van der Waals surface area contributed by atoms with Gasteiger partial charge >= 0.3 is 0 Å². The smallest absolute Gasteiger partial charge is 0.191 e. The Labute approximate surface area is 165 Å². The van der Waals surface area contributed by atoms with E-state index in [4.69, 9.17) is 0 Å². The van der Waals surface area contributed by atoms with Crippen LogP contribution in [-0.4, -0.2) is 33.8 Å². The monoisotopic (exact) mass is 462 g/mol. The van der Waals surface area contributed by atoms with Gasteiger partial charge in [-0.05, 0) is 39.7 Å². The van der Waals surface area contributed by atoms with Crippen LogP contribution in [0.1, 0.15) is 34.5 Å². The SMILES string of the molecule is CCNC(=NCc1sc(C)nc1C)NCCCn1cc(C)cn1.I. The van der Waals surface area contributed by atoms with E-state index in [1.54, 1.807) is 11.3 Å². The van der Waals surface area contributed by atoms with Gasteiger partial charge in [-0.1, -0.05) is 0 Å². The lowest BCUT2D eigenvalue weighted by atomic mass is 10.4. The summed E-state index contributed by atoms with van der Waals surface area (Å²) >= 11 is 1.72. The number of hydrogen-bond donors (Lipinski definition) is 2. The molecule has 0 atom stereocenters. The normalized spacial score (nSPS) is 11.2. The van der Waals surface area contributed by atoms with Gasteiger partial charge in [0.25, 0.3) is 0 Å². The molecule has 2 N–H and O–H groups in total. The van der Waals surface area contributed by atoms with Gasteiger partial charge in [0, 0.05) is 30.7 Å². The standard InChI is InChI=1S/C16H26N6S.HI/c1-5-17-16(19-10-15-13(3)21-14(4)23-15)18-7-6-8-22-11-12(2)9-20-22;/h9,11H,5-8,10H2,1-4H3,(H2,17,18,19);1H. The van der Waals surface area contributed by atoms with Gasteiger partial charge in [0.2, 0.25) is 0 Å². The summed E-state index contributed by atoms with van der Waals surface area (Å²) in [5, 5.41) is 12.1. The van der Waals surface area contributed by atoms with Crippen LogP contribution >= 0.6 is 35.3 Å². The van der Waals surface area contributed by atoms with Crippen LogP contribution in [0.4, 0.5) is 0 Å². The third-order valence-electron chi connectivity index (χ3n) is 3.34. The van der Waals surface area contributed by atoms with Gasteiger partial charge in [-0.2, -0.15) is 5.10 Å². The minimum absolute atomic E-state index is 0. The van der Waals surface area contributed by atoms with Crippen molar-refractivity contribution in [2.24, 2.45) is 4.99 Å². The minimum atomic E-state index is 0. The van der Waals surface area contributed by atoms with Gasteiger partial charge < -0.3 is 10.6 Å². The van der Waals surface area contributed by atoms with Gasteiger partial charge in [0.05, 0.1) is 23.4 Å². The molecule has 2 rings (SSSR count). The van der Waals surface area contributed by atoms with E-state index in [-0.39, 0.29) is 24.0 Å². The van der Waals surface area contributed by atoms with Crippen molar-refractivity contribution in [1.82, 2.24) is 25.4 Å². The molecule has 0 aliphatic heterocycles. The summed E-state index contributed by atoms with van der Waals surface area (Å²) in [5.41, 5.74) is 2.28. The van der Waals surface area contributed by atoms with E-state index in [1.165, 1.54) is 10.4 Å². The molecule has 6 nitrogen and oxygen atoms in total. The molecule has 2 aromatic heterocycles. The Balaban J connectivity index is 0.00000288. The fraction of sp³-hybridized carbons (Fsp3) is 0.562. The van der Waals surface area contributed by atoms with Crippen molar-refractivity contribution in [2.45, 2.75) is 47.2 Å². The van der Waals surface area contributed by atoms with Crippen LogP contribution in [0.2, 0.25) is 0 Å². The number of nitrogens with zero attached hydrogens (tertiary/aromatic N) is 4. The highest BCUT2D eigenvalue weighted by molar-refractivity contribution is 14.0. The predicted molar refractivity (Wildman–Crippen MR) is 111 cm³/mol. The molecule has 0 radical (unpaired) electrons. The first-order chi connectivity index (χ1) is 11.1. The Kier molecular flexibility index (Phi) is 9.27. The van der Waals surface area contributed by atoms with E-state index in [1.807, 2.05) is 24.7 Å². The lowest BCUT2D eigenvalue weighted by molar-refractivity contribution is 0.570. The number of aliphatic imine (C=N–C) groups is 1. The number of halogens is 1. The van der Waals surface area contributed by atoms with Crippen molar-refractivity contribution >= 4 is 41.3 Å². The van der Waals surface area contributed by atoms with Crippen LogP contribution in [0.5, 0.6) is 0 Å². The number of hydrogen-bond acceptors (Lipinski definition) is 4. The van der Waals surface area contributed by atoms with Crippen molar-refractivity contribution < 1.29 is 0 Å². The molecule has 24 heavy (non-hydrogen) atoms. The Morgan fingerprint density at radius 2 is 2.08 bits per heavy atom. The van der Waals surface area contributed by atoms with Crippen LogP contribution in [0.3, 0.4) is 0 Å². The zero-order valence-electron chi connectivity index (χ0n) is 14.8. The van der Waals surface area contributed by atoms with Crippen LogP contribution in [0.25, 0.3) is 0 Å². The molecule has 0 saturated carbocycles. The van der Waals surface area contributed by atoms with Crippen molar-refractivity contribution in [3.8, 4) is 0 Å². The number of thiazole rings is 1. The van der Waals surface area contributed by atoms with Crippen molar-refractivity contribution in [1.29, 1.82) is 0 Å². The van der Waals surface area contributed by atoms with Crippen LogP contribution in [0, 0.1) is 20.8 Å². The summed E-state index contributed by atoms with van der Waals surface area (Å²) in [6.07, 6.45) is 4.96. The highest BCUT2D eigenvalue weighted by Gasteiger charge is 2.04. The third-order valence-corrected chi connectivity index (χ3v) is 4.40. The Morgan fingerprint density at radius 3 is 2.67 bits per heavy atom.